The molecule has 4 aliphatic rings. The number of ketones is 1. The van der Waals surface area contributed by atoms with Gasteiger partial charge in [-0.05, 0) is 92.3 Å². The summed E-state index contributed by atoms with van der Waals surface area (Å²) in [7, 11) is 7.40. The van der Waals surface area contributed by atoms with Crippen molar-refractivity contribution < 1.29 is 24.9 Å². The molecular weight excluding hydrogens is 580 g/mol. The number of ether oxygens (including phenoxy) is 1. The summed E-state index contributed by atoms with van der Waals surface area (Å²) in [6.07, 6.45) is 0.925. The van der Waals surface area contributed by atoms with Crippen molar-refractivity contribution in [1.82, 2.24) is 14.7 Å². The first kappa shape index (κ1) is 32.1. The molecule has 9 nitrogen and oxygen atoms in total. The van der Waals surface area contributed by atoms with Gasteiger partial charge in [-0.2, -0.15) is 0 Å². The van der Waals surface area contributed by atoms with Gasteiger partial charge < -0.3 is 30.7 Å². The molecule has 5 N–H and O–H groups in total. The van der Waals surface area contributed by atoms with Crippen LogP contribution < -0.4 is 10.5 Å². The van der Waals surface area contributed by atoms with E-state index in [4.69, 9.17) is 10.5 Å². The molecule has 0 spiro atoms. The standard InChI is InChI=1S/C37H46N4O5/c1-20-8-10-26(23-9-11-29(46-7)25(16-23)19-41-14-12-40(6)13-15-41)27-17-24-18-28-33(39(4)5)34(42)32(22(3)38)36(44)37(28,45)35(43)31(24)21(2)30(20)27/h8-11,16,24,28,33,42-43,45H,2-3,12-15,17-19,38H2,1,4-7H3/t24-,28-,33-,37-/m0/s1. The summed E-state index contributed by atoms with van der Waals surface area (Å²) in [5, 5.41) is 35.3. The zero-order chi connectivity index (χ0) is 33.2. The summed E-state index contributed by atoms with van der Waals surface area (Å²) in [4.78, 5) is 20.4. The Kier molecular flexibility index (Phi) is 8.17. The van der Waals surface area contributed by atoms with Crippen LogP contribution in [0.25, 0.3) is 16.7 Å². The van der Waals surface area contributed by atoms with Crippen LogP contribution in [0.3, 0.4) is 0 Å². The van der Waals surface area contributed by atoms with E-state index in [0.29, 0.717) is 24.0 Å². The Hall–Kier alpha value is -3.89. The second-order valence-corrected chi connectivity index (χ2v) is 13.7. The van der Waals surface area contributed by atoms with Gasteiger partial charge in [0.1, 0.15) is 17.3 Å². The highest BCUT2D eigenvalue weighted by Gasteiger charge is 2.62. The van der Waals surface area contributed by atoms with Crippen LogP contribution in [0.2, 0.25) is 0 Å². The highest BCUT2D eigenvalue weighted by molar-refractivity contribution is 6.09. The number of aliphatic hydroxyl groups excluding tert-OH is 2. The van der Waals surface area contributed by atoms with Crippen molar-refractivity contribution in [2.45, 2.75) is 38.0 Å². The number of carbonyl (C=O) groups is 1. The molecule has 1 aliphatic heterocycles. The molecule has 0 unspecified atom stereocenters. The van der Waals surface area contributed by atoms with Crippen LogP contribution in [-0.2, 0) is 17.8 Å². The highest BCUT2D eigenvalue weighted by Crippen LogP contribution is 2.55. The Labute approximate surface area is 271 Å². The lowest BCUT2D eigenvalue weighted by atomic mass is 9.57. The van der Waals surface area contributed by atoms with Crippen molar-refractivity contribution in [2.75, 3.05) is 54.4 Å². The van der Waals surface area contributed by atoms with Gasteiger partial charge in [0.2, 0.25) is 5.78 Å². The van der Waals surface area contributed by atoms with Gasteiger partial charge in [0.05, 0.1) is 18.7 Å². The first-order valence-corrected chi connectivity index (χ1v) is 15.9. The Morgan fingerprint density at radius 1 is 1.15 bits per heavy atom. The fourth-order valence-corrected chi connectivity index (χ4v) is 8.30. The molecule has 1 saturated heterocycles. The molecule has 0 bridgehead atoms. The number of allylic oxidation sites excluding steroid dienone is 3. The van der Waals surface area contributed by atoms with Crippen LogP contribution in [0, 0.1) is 18.8 Å². The third kappa shape index (κ3) is 4.88. The summed E-state index contributed by atoms with van der Waals surface area (Å²) in [5.41, 5.74) is 10.7. The first-order chi connectivity index (χ1) is 21.8. The maximum atomic E-state index is 13.8. The molecule has 244 valence electrons. The van der Waals surface area contributed by atoms with E-state index < -0.39 is 29.1 Å². The minimum absolute atomic E-state index is 0.152. The van der Waals surface area contributed by atoms with E-state index in [-0.39, 0.29) is 22.9 Å². The van der Waals surface area contributed by atoms with Gasteiger partial charge in [-0.1, -0.05) is 31.4 Å². The maximum Gasteiger partial charge on any atom is 0.208 e. The van der Waals surface area contributed by atoms with Crippen molar-refractivity contribution in [3.63, 3.8) is 0 Å². The van der Waals surface area contributed by atoms with Crippen LogP contribution in [0.4, 0.5) is 0 Å². The van der Waals surface area contributed by atoms with Crippen LogP contribution in [0.1, 0.15) is 28.7 Å². The lowest BCUT2D eigenvalue weighted by Crippen LogP contribution is -2.62. The molecule has 2 aromatic rings. The monoisotopic (exact) mass is 626 g/mol. The number of aryl methyl sites for hydroxylation is 1. The summed E-state index contributed by atoms with van der Waals surface area (Å²) in [6, 6.07) is 9.81. The van der Waals surface area contributed by atoms with E-state index in [2.05, 4.69) is 54.3 Å². The summed E-state index contributed by atoms with van der Waals surface area (Å²) >= 11 is 0. The predicted molar refractivity (Wildman–Crippen MR) is 180 cm³/mol. The number of hydrogen-bond donors (Lipinski definition) is 4. The van der Waals surface area contributed by atoms with Gasteiger partial charge in [0.25, 0.3) is 0 Å². The molecule has 3 aliphatic carbocycles. The van der Waals surface area contributed by atoms with Gasteiger partial charge in [-0.25, -0.2) is 0 Å². The molecule has 1 fully saturated rings. The summed E-state index contributed by atoms with van der Waals surface area (Å²) in [5.74, 6) is -1.66. The number of carbonyl (C=O) groups excluding carboxylic acids is 1. The normalized spacial score (nSPS) is 27.1. The van der Waals surface area contributed by atoms with Gasteiger partial charge in [-0.3, -0.25) is 14.6 Å². The van der Waals surface area contributed by atoms with E-state index in [0.717, 1.165) is 71.9 Å². The van der Waals surface area contributed by atoms with Crippen LogP contribution in [0.5, 0.6) is 5.75 Å². The number of nitrogens with zero attached hydrogens (tertiary/aromatic N) is 3. The molecular formula is C37H46N4O5. The second-order valence-electron chi connectivity index (χ2n) is 13.7. The van der Waals surface area contributed by atoms with E-state index >= 15 is 0 Å². The Morgan fingerprint density at radius 2 is 1.85 bits per heavy atom. The molecule has 6 rings (SSSR count). The molecule has 0 amide bonds. The molecule has 0 saturated carbocycles. The van der Waals surface area contributed by atoms with E-state index in [1.165, 1.54) is 0 Å². The Balaban J connectivity index is 1.45. The zero-order valence-corrected chi connectivity index (χ0v) is 27.6. The van der Waals surface area contributed by atoms with Crippen LogP contribution >= 0.6 is 0 Å². The third-order valence-corrected chi connectivity index (χ3v) is 10.6. The number of methoxy groups -OCH3 is 1. The fraction of sp³-hybridized carbons (Fsp3) is 0.432. The average molecular weight is 627 g/mol. The topological polar surface area (TPSA) is 123 Å². The lowest BCUT2D eigenvalue weighted by Gasteiger charge is -2.51. The number of benzene rings is 2. The molecule has 0 aromatic heterocycles. The molecule has 2 aromatic carbocycles. The number of Topliss-reactive ketones (excluding diaryl/α,β-unsaturated/α-hetero) is 1. The van der Waals surface area contributed by atoms with E-state index in [9.17, 15) is 20.1 Å². The largest absolute Gasteiger partial charge is 0.510 e. The van der Waals surface area contributed by atoms with Crippen LogP contribution in [-0.4, -0.2) is 102 Å². The SMILES string of the molecule is C=C(N)C1=C(O)[C@@H](N(C)C)[C@@H]2C[C@@H]3Cc4c(-c5ccc(OC)c(CN6CCN(C)CC6)c5)ccc(C)c4C(=C)C3=C(O)[C@]2(O)C1=O. The third-order valence-electron chi connectivity index (χ3n) is 10.6. The lowest BCUT2D eigenvalue weighted by molar-refractivity contribution is -0.146. The maximum absolute atomic E-state index is 13.8. The van der Waals surface area contributed by atoms with E-state index in [1.807, 2.05) is 13.0 Å². The summed E-state index contributed by atoms with van der Waals surface area (Å²) in [6.45, 7) is 15.0. The molecule has 4 atom stereocenters. The Morgan fingerprint density at radius 3 is 2.48 bits per heavy atom. The number of piperazine rings is 1. The van der Waals surface area contributed by atoms with Crippen molar-refractivity contribution in [3.8, 4) is 16.9 Å². The number of aliphatic hydroxyl groups is 3. The number of hydrogen-bond acceptors (Lipinski definition) is 9. The zero-order valence-electron chi connectivity index (χ0n) is 27.6. The minimum Gasteiger partial charge on any atom is -0.510 e. The fourth-order valence-electron chi connectivity index (χ4n) is 8.30. The average Bonchev–Trinajstić information content (AvgIpc) is 3.00. The number of fused-ring (bicyclic) bond motifs is 3. The van der Waals surface area contributed by atoms with Gasteiger partial charge in [0.15, 0.2) is 5.60 Å². The molecule has 46 heavy (non-hydrogen) atoms. The smallest absolute Gasteiger partial charge is 0.208 e. The van der Waals surface area contributed by atoms with Gasteiger partial charge >= 0.3 is 0 Å². The van der Waals surface area contributed by atoms with Crippen molar-refractivity contribution >= 4 is 11.4 Å². The van der Waals surface area contributed by atoms with Gasteiger partial charge in [-0.15, -0.1) is 0 Å². The minimum atomic E-state index is -2.27. The Bertz CT molecular complexity index is 1700. The predicted octanol–water partition coefficient (Wildman–Crippen LogP) is 3.96. The highest BCUT2D eigenvalue weighted by atomic mass is 16.5. The van der Waals surface area contributed by atoms with Crippen molar-refractivity contribution in [3.05, 3.63) is 94.1 Å². The quantitative estimate of drug-likeness (QED) is 0.377. The van der Waals surface area contributed by atoms with Gasteiger partial charge in [0, 0.05) is 55.5 Å². The van der Waals surface area contributed by atoms with E-state index in [1.54, 1.807) is 26.1 Å². The molecule has 1 heterocycles. The van der Waals surface area contributed by atoms with Crippen molar-refractivity contribution in [2.24, 2.45) is 17.6 Å². The van der Waals surface area contributed by atoms with Crippen LogP contribution in [0.15, 0.2) is 71.9 Å². The first-order valence-electron chi connectivity index (χ1n) is 15.9. The number of nitrogens with two attached hydrogens (primary N) is 1. The number of likely N-dealkylation sites (N-methyl/N-ethyl adjacent to an activating group) is 2. The second kappa shape index (κ2) is 11.7. The van der Waals surface area contributed by atoms with Crippen molar-refractivity contribution in [1.29, 1.82) is 0 Å². The molecule has 9 heteroatoms. The molecule has 0 radical (unpaired) electrons. The number of rotatable bonds is 6. The summed E-state index contributed by atoms with van der Waals surface area (Å²) < 4.78 is 5.78.